The molecular formula is C90H110F12N24O11Si3. The number of alkyl halides is 12. The van der Waals surface area contributed by atoms with Crippen LogP contribution >= 0.6 is 0 Å². The number of ether oxygens (including phenoxy) is 3. The van der Waals surface area contributed by atoms with Crippen molar-refractivity contribution in [2.75, 3.05) is 91.8 Å². The number of nitrogens with zero attached hydrogens (tertiary/aromatic N) is 19. The molecule has 0 aromatic carbocycles. The molecule has 752 valence electrons. The summed E-state index contributed by atoms with van der Waals surface area (Å²) in [6.45, 7) is 25.9. The van der Waals surface area contributed by atoms with Gasteiger partial charge in [-0.2, -0.15) is 52.7 Å². The fourth-order valence-corrected chi connectivity index (χ4v) is 20.3. The molecule has 5 N–H and O–H groups in total. The van der Waals surface area contributed by atoms with Gasteiger partial charge < -0.3 is 91.9 Å². The Balaban J connectivity index is 0.000000129. The molecule has 20 rings (SSSR count). The van der Waals surface area contributed by atoms with Crippen LogP contribution in [0.4, 0.5) is 76.0 Å². The first-order chi connectivity index (χ1) is 66.2. The maximum atomic E-state index is 12.7. The number of anilines is 4. The molecule has 4 spiro atoms. The summed E-state index contributed by atoms with van der Waals surface area (Å²) in [5.41, 5.74) is 5.20. The largest absolute Gasteiger partial charge is 0.390 e. The molecule has 50 heteroatoms. The molecule has 0 bridgehead atoms. The average molecular weight is 2020 g/mol. The van der Waals surface area contributed by atoms with Crippen LogP contribution in [-0.4, -0.2) is 224 Å². The van der Waals surface area contributed by atoms with E-state index in [1.54, 1.807) is 6.20 Å². The van der Waals surface area contributed by atoms with Crippen molar-refractivity contribution in [1.82, 2.24) is 100 Å². The molecule has 4 saturated carbocycles. The monoisotopic (exact) mass is 2010 g/mol. The van der Waals surface area contributed by atoms with Crippen molar-refractivity contribution in [1.29, 1.82) is 0 Å². The number of fused-ring (bicyclic) bond motifs is 12. The third kappa shape index (κ3) is 23.0. The first-order valence-corrected chi connectivity index (χ1v) is 57.6. The second-order valence-electron chi connectivity index (χ2n) is 41.0. The Labute approximate surface area is 797 Å². The molecule has 8 aliphatic rings. The van der Waals surface area contributed by atoms with Gasteiger partial charge in [-0.25, -0.2) is 39.9 Å². The van der Waals surface area contributed by atoms with E-state index in [9.17, 15) is 71.9 Å². The van der Waals surface area contributed by atoms with Gasteiger partial charge >= 0.3 is 24.7 Å². The molecule has 140 heavy (non-hydrogen) atoms. The van der Waals surface area contributed by atoms with Gasteiger partial charge in [-0.15, -0.1) is 0 Å². The van der Waals surface area contributed by atoms with Crippen molar-refractivity contribution in [2.45, 2.75) is 247 Å². The van der Waals surface area contributed by atoms with E-state index in [0.29, 0.717) is 138 Å². The Kier molecular flexibility index (Phi) is 27.6. The van der Waals surface area contributed by atoms with Gasteiger partial charge in [0.25, 0.3) is 23.6 Å². The Morgan fingerprint density at radius 1 is 0.379 bits per heavy atom. The molecule has 12 aromatic rings. The summed E-state index contributed by atoms with van der Waals surface area (Å²) < 4.78 is 195. The molecule has 35 nitrogen and oxygen atoms in total. The number of aromatic nitrogens is 16. The molecule has 0 atom stereocenters. The third-order valence-electron chi connectivity index (χ3n) is 26.3. The van der Waals surface area contributed by atoms with Crippen LogP contribution in [0.25, 0.3) is 44.1 Å². The Morgan fingerprint density at radius 3 is 0.993 bits per heavy atom. The van der Waals surface area contributed by atoms with Crippen LogP contribution in [0.3, 0.4) is 0 Å². The summed E-state index contributed by atoms with van der Waals surface area (Å²) >= 11 is 0. The van der Waals surface area contributed by atoms with Gasteiger partial charge in [0.05, 0.1) is 79.1 Å². The minimum atomic E-state index is -4.35. The summed E-state index contributed by atoms with van der Waals surface area (Å²) in [5, 5.41) is 28.7. The molecule has 4 amide bonds. The lowest BCUT2D eigenvalue weighted by Gasteiger charge is -2.33. The van der Waals surface area contributed by atoms with Gasteiger partial charge in [0.1, 0.15) is 109 Å². The van der Waals surface area contributed by atoms with E-state index >= 15 is 0 Å². The number of halogens is 12. The normalized spacial score (nSPS) is 17.0. The number of carbonyl (C=O) groups excluding carboxylic acids is 4. The van der Waals surface area contributed by atoms with Crippen molar-refractivity contribution in [3.63, 3.8) is 0 Å². The van der Waals surface area contributed by atoms with Gasteiger partial charge in [-0.3, -0.25) is 19.2 Å². The number of nitrogens with one attached hydrogen (secondary N) is 5. The smallest absolute Gasteiger partial charge is 0.361 e. The Bertz CT molecular complexity index is 6030. The average Bonchev–Trinajstić information content (AvgIpc) is 1.57. The van der Waals surface area contributed by atoms with E-state index < -0.39 is 124 Å². The van der Waals surface area contributed by atoms with Crippen LogP contribution < -0.4 is 40.9 Å². The van der Waals surface area contributed by atoms with Gasteiger partial charge in [-0.05, 0) is 93.8 Å². The van der Waals surface area contributed by atoms with E-state index in [2.05, 4.69) is 165 Å². The predicted octanol–water partition coefficient (Wildman–Crippen LogP) is 16.1. The number of aromatic amines is 1. The third-order valence-corrected chi connectivity index (χ3v) is 31.4. The molecule has 16 heterocycles. The quantitative estimate of drug-likeness (QED) is 0.0153. The molecule has 12 aromatic heterocycles. The van der Waals surface area contributed by atoms with Crippen molar-refractivity contribution in [3.05, 3.63) is 142 Å². The zero-order valence-electron chi connectivity index (χ0n) is 78.8. The lowest BCUT2D eigenvalue weighted by Crippen LogP contribution is -2.39. The zero-order valence-corrected chi connectivity index (χ0v) is 81.8. The number of rotatable bonds is 31. The number of hydrogen-bond acceptors (Lipinski definition) is 27. The standard InChI is InChI=1S/3C24H31F3N6O3Si.C18H17F3N6O2/c1-37(2,3)11-10-35-15-32-9-4-16-20(32)29-14-30-21(16)33-12-17-18(22(34)28-8-7-24(25,26)27)36-31-19(17)23(13-33)5-6-23;2*1-37(2,3)11-10-35-15-32-9-4-16-20(32)29-14-30-21(16)33-12-17-18(22(34)28-8-7-24(25,26)27)31-36-19(17)23(13-33)5-6-23;19-18(20,21)4-6-23-16(28)12-11-7-27(8-17(2-3-17)13(11)29-26-12)15-10-1-5-22-14(10)24-9-25-15/h3*4,9,14H,5-8,10-13,15H2,1-3H3,(H,28,34);1,5,9H,2-4,6-8H2,(H,23,28)(H,22,24,25). The van der Waals surface area contributed by atoms with Crippen molar-refractivity contribution in [3.8, 4) is 0 Å². The predicted molar refractivity (Wildman–Crippen MR) is 495 cm³/mol. The first kappa shape index (κ1) is 99.6. The minimum Gasteiger partial charge on any atom is -0.361 e. The summed E-state index contributed by atoms with van der Waals surface area (Å²) in [4.78, 5) is 97.6. The lowest BCUT2D eigenvalue weighted by molar-refractivity contribution is -0.134. The summed E-state index contributed by atoms with van der Waals surface area (Å²) in [6.07, 6.45) is -1.14. The van der Waals surface area contributed by atoms with E-state index in [0.717, 1.165) is 137 Å². The molecule has 4 fully saturated rings. The topological polar surface area (TPSA) is 395 Å². The number of H-pyrrole nitrogens is 1. The fraction of sp³-hybridized carbons (Fsp3) is 0.556. The highest BCUT2D eigenvalue weighted by Crippen LogP contribution is 2.58. The maximum Gasteiger partial charge on any atom is 0.390 e. The molecular weight excluding hydrogens is 1910 g/mol. The number of hydrogen-bond donors (Lipinski definition) is 5. The van der Waals surface area contributed by atoms with Crippen LogP contribution in [0.15, 0.2) is 92.5 Å². The highest BCUT2D eigenvalue weighted by Gasteiger charge is 2.59. The first-order valence-electron chi connectivity index (χ1n) is 46.5. The van der Waals surface area contributed by atoms with Gasteiger partial charge in [-0.1, -0.05) is 79.5 Å². The Hall–Kier alpha value is -11.9. The summed E-state index contributed by atoms with van der Waals surface area (Å²) in [5.74, 6) is 2.18. The second kappa shape index (κ2) is 38.8. The summed E-state index contributed by atoms with van der Waals surface area (Å²) in [7, 11) is -3.55. The lowest BCUT2D eigenvalue weighted by atomic mass is 9.92. The molecule has 0 saturated heterocycles. The number of amides is 4. The van der Waals surface area contributed by atoms with Gasteiger partial charge in [0.2, 0.25) is 5.76 Å². The van der Waals surface area contributed by atoms with E-state index in [-0.39, 0.29) is 44.5 Å². The van der Waals surface area contributed by atoms with Crippen LogP contribution in [0.2, 0.25) is 77.1 Å². The zero-order chi connectivity index (χ0) is 99.5. The number of carbonyl (C=O) groups is 4. The van der Waals surface area contributed by atoms with E-state index in [4.69, 9.17) is 32.3 Å². The van der Waals surface area contributed by atoms with Crippen LogP contribution in [0, 0.1) is 0 Å². The van der Waals surface area contributed by atoms with Crippen LogP contribution in [0.1, 0.15) is 164 Å². The van der Waals surface area contributed by atoms with Crippen molar-refractivity contribution < 1.29 is 104 Å². The fourth-order valence-electron chi connectivity index (χ4n) is 18.1. The van der Waals surface area contributed by atoms with Crippen LogP contribution in [-0.2, 0) is 82.2 Å². The van der Waals surface area contributed by atoms with Crippen LogP contribution in [0.5, 0.6) is 0 Å². The van der Waals surface area contributed by atoms with E-state index in [1.807, 2.05) is 56.6 Å². The Morgan fingerprint density at radius 2 is 0.679 bits per heavy atom. The molecule has 0 radical (unpaired) electrons. The maximum absolute atomic E-state index is 12.7. The van der Waals surface area contributed by atoms with E-state index in [1.165, 1.54) is 25.3 Å². The molecule has 4 aliphatic carbocycles. The van der Waals surface area contributed by atoms with Crippen molar-refractivity contribution >= 4 is 115 Å². The molecule has 0 unspecified atom stereocenters. The van der Waals surface area contributed by atoms with Crippen molar-refractivity contribution in [2.24, 2.45) is 0 Å². The minimum absolute atomic E-state index is 0.0341. The SMILES string of the molecule is C[Si](C)(C)CCOCn1ccc2c(N3Cc4c(C(=O)NCCC(F)(F)F)noc4C4(CC4)C3)ncnc21.C[Si](C)(C)CCOCn1ccc2c(N3Cc4c(C(=O)NCCC(F)(F)F)noc4C4(CC4)C3)ncnc21.C[Si](C)(C)CCOCn1ccc2c(N3Cc4c(noc4C(=O)NCCC(F)(F)F)C4(CC4)C3)ncnc21.O=C(NCCC(F)(F)F)c1noc2c1CN(c1ncnc3[nH]ccc13)CC21CC1. The second-order valence-corrected chi connectivity index (χ2v) is 57.9. The van der Waals surface area contributed by atoms with Gasteiger partial charge in [0.15, 0.2) is 17.1 Å². The highest BCUT2D eigenvalue weighted by molar-refractivity contribution is 6.76. The van der Waals surface area contributed by atoms with Gasteiger partial charge in [0, 0.05) is 165 Å². The highest BCUT2D eigenvalue weighted by atomic mass is 28.3. The molecule has 4 aliphatic heterocycles. The summed E-state index contributed by atoms with van der Waals surface area (Å²) in [6, 6.07) is 11.0.